The number of hydrogen-bond donors (Lipinski definition) is 1. The van der Waals surface area contributed by atoms with E-state index in [4.69, 9.17) is 4.74 Å². The van der Waals surface area contributed by atoms with Crippen LogP contribution in [0.3, 0.4) is 0 Å². The summed E-state index contributed by atoms with van der Waals surface area (Å²) in [5.74, 6) is 1.01. The van der Waals surface area contributed by atoms with Crippen LogP contribution >= 0.6 is 11.3 Å². The molecule has 0 radical (unpaired) electrons. The zero-order valence-corrected chi connectivity index (χ0v) is 18.1. The number of aryl methyl sites for hydroxylation is 1. The Balaban J connectivity index is 1.41. The molecule has 29 heavy (non-hydrogen) atoms. The monoisotopic (exact) mass is 415 g/mol. The second-order valence-electron chi connectivity index (χ2n) is 7.83. The average molecular weight is 416 g/mol. The molecule has 1 N–H and O–H groups in total. The maximum atomic E-state index is 12.4. The van der Waals surface area contributed by atoms with Crippen LogP contribution in [0.5, 0.6) is 5.75 Å². The number of ether oxygens (including phenoxy) is 1. The second-order valence-corrected chi connectivity index (χ2v) is 8.78. The lowest BCUT2D eigenvalue weighted by molar-refractivity contribution is -0.135. The van der Waals surface area contributed by atoms with Crippen LogP contribution in [-0.4, -0.2) is 40.8 Å². The summed E-state index contributed by atoms with van der Waals surface area (Å²) in [6, 6.07) is 8.03. The van der Waals surface area contributed by atoms with E-state index < -0.39 is 0 Å². The minimum atomic E-state index is -0.0186. The summed E-state index contributed by atoms with van der Waals surface area (Å²) in [4.78, 5) is 30.8. The van der Waals surface area contributed by atoms with Crippen LogP contribution in [0.1, 0.15) is 43.0 Å². The lowest BCUT2D eigenvalue weighted by Gasteiger charge is -2.33. The summed E-state index contributed by atoms with van der Waals surface area (Å²) < 4.78 is 5.75. The highest BCUT2D eigenvalue weighted by molar-refractivity contribution is 7.09. The molecule has 2 heterocycles. The molecular formula is C22H29N3O3S. The van der Waals surface area contributed by atoms with E-state index in [-0.39, 0.29) is 30.2 Å². The van der Waals surface area contributed by atoms with Crippen molar-refractivity contribution in [2.24, 2.45) is 5.92 Å². The minimum Gasteiger partial charge on any atom is -0.486 e. The van der Waals surface area contributed by atoms with E-state index in [0.717, 1.165) is 29.3 Å². The van der Waals surface area contributed by atoms with Crippen molar-refractivity contribution in [2.45, 2.75) is 52.7 Å². The molecule has 3 rings (SSSR count). The molecule has 7 heteroatoms. The smallest absolute Gasteiger partial charge is 0.226 e. The third-order valence-electron chi connectivity index (χ3n) is 4.99. The predicted octanol–water partition coefficient (Wildman–Crippen LogP) is 3.34. The molecule has 2 aromatic rings. The molecule has 6 nitrogen and oxygen atoms in total. The number of likely N-dealkylation sites (tertiary alicyclic amines) is 1. The van der Waals surface area contributed by atoms with Gasteiger partial charge in [0.15, 0.2) is 0 Å². The van der Waals surface area contributed by atoms with Gasteiger partial charge in [0.25, 0.3) is 0 Å². The Morgan fingerprint density at radius 2 is 1.93 bits per heavy atom. The molecule has 0 bridgehead atoms. The van der Waals surface area contributed by atoms with E-state index >= 15 is 0 Å². The lowest BCUT2D eigenvalue weighted by atomic mass is 10.0. The van der Waals surface area contributed by atoms with Crippen LogP contribution in [0.15, 0.2) is 29.6 Å². The maximum Gasteiger partial charge on any atom is 0.226 e. The van der Waals surface area contributed by atoms with Gasteiger partial charge in [-0.1, -0.05) is 31.5 Å². The zero-order valence-electron chi connectivity index (χ0n) is 17.3. The van der Waals surface area contributed by atoms with Gasteiger partial charge in [-0.25, -0.2) is 4.98 Å². The van der Waals surface area contributed by atoms with Gasteiger partial charge in [-0.3, -0.25) is 9.59 Å². The van der Waals surface area contributed by atoms with Crippen molar-refractivity contribution in [1.29, 1.82) is 0 Å². The fourth-order valence-electron chi connectivity index (χ4n) is 3.33. The molecule has 1 aliphatic rings. The van der Waals surface area contributed by atoms with Crippen molar-refractivity contribution in [2.75, 3.05) is 13.1 Å². The van der Waals surface area contributed by atoms with E-state index in [1.54, 1.807) is 0 Å². The standard InChI is InChI=1S/C22H29N3O3S/c1-15(2)22(27)25-10-8-17(9-11-25)23-20(26)12-18-14-29-21(24-18)13-28-19-6-4-16(3)5-7-19/h4-7,14-15,17H,8-13H2,1-3H3,(H,23,26). The SMILES string of the molecule is Cc1ccc(OCc2nc(CC(=O)NC3CCN(C(=O)C(C)C)CC3)cs2)cc1. The Morgan fingerprint density at radius 3 is 2.59 bits per heavy atom. The predicted molar refractivity (Wildman–Crippen MR) is 114 cm³/mol. The molecule has 1 fully saturated rings. The molecule has 1 aromatic heterocycles. The molecule has 0 saturated carbocycles. The van der Waals surface area contributed by atoms with Crippen molar-refractivity contribution in [3.63, 3.8) is 0 Å². The molecule has 1 saturated heterocycles. The first kappa shape index (κ1) is 21.3. The van der Waals surface area contributed by atoms with Crippen molar-refractivity contribution in [3.05, 3.63) is 45.9 Å². The van der Waals surface area contributed by atoms with E-state index in [9.17, 15) is 9.59 Å². The first-order valence-electron chi connectivity index (χ1n) is 10.1. The van der Waals surface area contributed by atoms with Gasteiger partial charge in [0.05, 0.1) is 12.1 Å². The van der Waals surface area contributed by atoms with Crippen molar-refractivity contribution >= 4 is 23.2 Å². The van der Waals surface area contributed by atoms with E-state index in [0.29, 0.717) is 19.7 Å². The largest absolute Gasteiger partial charge is 0.486 e. The second kappa shape index (κ2) is 9.87. The summed E-state index contributed by atoms with van der Waals surface area (Å²) in [6.45, 7) is 7.70. The van der Waals surface area contributed by atoms with Gasteiger partial charge in [-0.05, 0) is 31.9 Å². The quantitative estimate of drug-likeness (QED) is 0.753. The number of nitrogens with zero attached hydrogens (tertiary/aromatic N) is 2. The maximum absolute atomic E-state index is 12.4. The van der Waals surface area contributed by atoms with Gasteiger partial charge in [-0.15, -0.1) is 11.3 Å². The minimum absolute atomic E-state index is 0.0186. The normalized spacial score (nSPS) is 14.8. The summed E-state index contributed by atoms with van der Waals surface area (Å²) in [5.41, 5.74) is 1.96. The van der Waals surface area contributed by atoms with E-state index in [2.05, 4.69) is 10.3 Å². The first-order valence-corrected chi connectivity index (χ1v) is 11.0. The van der Waals surface area contributed by atoms with Crippen LogP contribution in [0.25, 0.3) is 0 Å². The van der Waals surface area contributed by atoms with Crippen LogP contribution in [0.2, 0.25) is 0 Å². The number of amides is 2. The Kier molecular flexibility index (Phi) is 7.25. The molecule has 0 atom stereocenters. The summed E-state index contributed by atoms with van der Waals surface area (Å²) >= 11 is 1.51. The third-order valence-corrected chi connectivity index (χ3v) is 5.86. The topological polar surface area (TPSA) is 71.5 Å². The van der Waals surface area contributed by atoms with Gasteiger partial charge in [-0.2, -0.15) is 0 Å². The highest BCUT2D eigenvalue weighted by Crippen LogP contribution is 2.17. The summed E-state index contributed by atoms with van der Waals surface area (Å²) in [7, 11) is 0. The van der Waals surface area contributed by atoms with Gasteiger partial charge in [0.1, 0.15) is 17.4 Å². The molecule has 0 unspecified atom stereocenters. The van der Waals surface area contributed by atoms with E-state index in [1.165, 1.54) is 16.9 Å². The average Bonchev–Trinajstić information content (AvgIpc) is 3.14. The Labute approximate surface area is 176 Å². The Morgan fingerprint density at radius 1 is 1.24 bits per heavy atom. The number of aromatic nitrogens is 1. The van der Waals surface area contributed by atoms with Crippen molar-refractivity contribution in [3.8, 4) is 5.75 Å². The number of hydrogen-bond acceptors (Lipinski definition) is 5. The van der Waals surface area contributed by atoms with Crippen LogP contribution in [0.4, 0.5) is 0 Å². The third kappa shape index (κ3) is 6.29. The van der Waals surface area contributed by atoms with Crippen molar-refractivity contribution in [1.82, 2.24) is 15.2 Å². The number of benzene rings is 1. The van der Waals surface area contributed by atoms with Crippen LogP contribution in [-0.2, 0) is 22.6 Å². The van der Waals surface area contributed by atoms with E-state index in [1.807, 2.05) is 55.3 Å². The van der Waals surface area contributed by atoms with Gasteiger partial charge in [0.2, 0.25) is 11.8 Å². The number of thiazole rings is 1. The highest BCUT2D eigenvalue weighted by atomic mass is 32.1. The summed E-state index contributed by atoms with van der Waals surface area (Å²) in [5, 5.41) is 5.85. The Hall–Kier alpha value is -2.41. The fourth-order valence-corrected chi connectivity index (χ4v) is 4.03. The number of carbonyl (C=O) groups excluding carboxylic acids is 2. The number of piperidine rings is 1. The molecule has 156 valence electrons. The molecule has 1 aliphatic heterocycles. The molecule has 0 spiro atoms. The molecule has 2 amide bonds. The van der Waals surface area contributed by atoms with Gasteiger partial charge < -0.3 is 15.0 Å². The van der Waals surface area contributed by atoms with Gasteiger partial charge >= 0.3 is 0 Å². The van der Waals surface area contributed by atoms with Crippen LogP contribution in [0, 0.1) is 12.8 Å². The summed E-state index contributed by atoms with van der Waals surface area (Å²) in [6.07, 6.45) is 1.87. The number of rotatable bonds is 7. The number of nitrogens with one attached hydrogen (secondary N) is 1. The number of carbonyl (C=O) groups is 2. The van der Waals surface area contributed by atoms with Gasteiger partial charge in [0, 0.05) is 30.4 Å². The zero-order chi connectivity index (χ0) is 20.8. The molecular weight excluding hydrogens is 386 g/mol. The highest BCUT2D eigenvalue weighted by Gasteiger charge is 2.25. The lowest BCUT2D eigenvalue weighted by Crippen LogP contribution is -2.47. The fraction of sp³-hybridized carbons (Fsp3) is 0.500. The van der Waals surface area contributed by atoms with Crippen molar-refractivity contribution < 1.29 is 14.3 Å². The van der Waals surface area contributed by atoms with Crippen LogP contribution < -0.4 is 10.1 Å². The first-order chi connectivity index (χ1) is 13.9. The molecule has 1 aromatic carbocycles. The Bertz CT molecular complexity index is 824. The molecule has 0 aliphatic carbocycles.